The number of nitrogen functional groups attached to an aromatic ring is 1. The molecule has 1 aromatic heterocycles. The van der Waals surface area contributed by atoms with Gasteiger partial charge in [-0.15, -0.1) is 0 Å². The maximum atomic E-state index is 15.3. The third-order valence-corrected chi connectivity index (χ3v) is 11.4. The highest BCUT2D eigenvalue weighted by molar-refractivity contribution is 6.99. The summed E-state index contributed by atoms with van der Waals surface area (Å²) in [5.41, 5.74) is 4.86. The first-order valence-electron chi connectivity index (χ1n) is 11.3. The van der Waals surface area contributed by atoms with Gasteiger partial charge < -0.3 is 10.2 Å². The van der Waals surface area contributed by atoms with Crippen LogP contribution in [-0.2, 0) is 4.43 Å². The number of rotatable bonds is 8. The largest absolute Gasteiger partial charge is 0.407 e. The van der Waals surface area contributed by atoms with Crippen LogP contribution in [-0.4, -0.2) is 24.5 Å². The lowest BCUT2D eigenvalue weighted by atomic mass is 9.96. The van der Waals surface area contributed by atoms with Crippen molar-refractivity contribution in [1.29, 1.82) is 0 Å². The highest BCUT2D eigenvalue weighted by atomic mass is 28.4. The molecule has 5 nitrogen and oxygen atoms in total. The zero-order valence-electron chi connectivity index (χ0n) is 20.0. The third kappa shape index (κ3) is 5.09. The SMILES string of the molecule is CC([C@H](C)CO[Si](c1ccccc1)(c1ccccc1)C(C)(C)C)[C@@H](F)n1ccc(N)nc1=O. The number of nitrogens with zero attached hydrogens (tertiary/aromatic N) is 2. The number of anilines is 1. The molecule has 0 aliphatic rings. The Bertz CT molecular complexity index is 1060. The second-order valence-electron chi connectivity index (χ2n) is 9.73. The summed E-state index contributed by atoms with van der Waals surface area (Å²) in [5, 5.41) is 2.20. The van der Waals surface area contributed by atoms with Crippen LogP contribution in [0.3, 0.4) is 0 Å². The van der Waals surface area contributed by atoms with Gasteiger partial charge in [0.05, 0.1) is 0 Å². The second kappa shape index (κ2) is 10.0. The van der Waals surface area contributed by atoms with Crippen LogP contribution in [0.5, 0.6) is 0 Å². The molecule has 33 heavy (non-hydrogen) atoms. The van der Waals surface area contributed by atoms with Crippen LogP contribution < -0.4 is 21.8 Å². The standard InChI is InChI=1S/C26H34FN3O2Si/c1-19(20(2)24(27)30-17-16-23(28)29-25(30)31)18-32-33(26(3,4)5,21-12-8-6-9-13-21)22-14-10-7-11-15-22/h6-17,19-20,24H,18H2,1-5H3,(H2,28,29,31)/t19-,20?,24+/m1/s1. The zero-order valence-corrected chi connectivity index (χ0v) is 21.0. The molecule has 2 aromatic carbocycles. The van der Waals surface area contributed by atoms with E-state index in [0.29, 0.717) is 6.61 Å². The van der Waals surface area contributed by atoms with Gasteiger partial charge in [0.1, 0.15) is 5.82 Å². The number of benzene rings is 2. The minimum absolute atomic E-state index is 0.0826. The Labute approximate surface area is 196 Å². The lowest BCUT2D eigenvalue weighted by Crippen LogP contribution is -2.67. The van der Waals surface area contributed by atoms with Gasteiger partial charge >= 0.3 is 5.69 Å². The van der Waals surface area contributed by atoms with Crippen molar-refractivity contribution in [2.24, 2.45) is 11.8 Å². The molecule has 176 valence electrons. The summed E-state index contributed by atoms with van der Waals surface area (Å²) in [7, 11) is -2.71. The van der Waals surface area contributed by atoms with E-state index in [4.69, 9.17) is 10.2 Å². The Morgan fingerprint density at radius 2 is 1.52 bits per heavy atom. The highest BCUT2D eigenvalue weighted by Crippen LogP contribution is 2.37. The molecule has 0 aliphatic heterocycles. The number of nitrogens with two attached hydrogens (primary N) is 1. The molecular formula is C26H34FN3O2Si. The molecule has 7 heteroatoms. The monoisotopic (exact) mass is 467 g/mol. The summed E-state index contributed by atoms with van der Waals surface area (Å²) in [6, 6.07) is 22.2. The van der Waals surface area contributed by atoms with Gasteiger partial charge in [0.2, 0.25) is 0 Å². The van der Waals surface area contributed by atoms with Gasteiger partial charge in [-0.25, -0.2) is 9.18 Å². The summed E-state index contributed by atoms with van der Waals surface area (Å²) < 4.78 is 23.2. The predicted molar refractivity (Wildman–Crippen MR) is 135 cm³/mol. The first-order chi connectivity index (χ1) is 15.6. The molecule has 0 amide bonds. The summed E-state index contributed by atoms with van der Waals surface area (Å²) in [4.78, 5) is 15.8. The molecule has 0 radical (unpaired) electrons. The fraction of sp³-hybridized carbons (Fsp3) is 0.385. The van der Waals surface area contributed by atoms with Gasteiger partial charge in [0.25, 0.3) is 8.32 Å². The number of hydrogen-bond acceptors (Lipinski definition) is 4. The van der Waals surface area contributed by atoms with E-state index in [1.54, 1.807) is 6.92 Å². The van der Waals surface area contributed by atoms with Gasteiger partial charge in [-0.3, -0.25) is 4.57 Å². The quantitative estimate of drug-likeness (QED) is 0.506. The van der Waals surface area contributed by atoms with Crippen molar-refractivity contribution in [3.05, 3.63) is 83.4 Å². The molecule has 0 fully saturated rings. The van der Waals surface area contributed by atoms with Crippen LogP contribution in [0.2, 0.25) is 5.04 Å². The molecule has 2 N–H and O–H groups in total. The van der Waals surface area contributed by atoms with Crippen molar-refractivity contribution in [3.8, 4) is 0 Å². The summed E-state index contributed by atoms with van der Waals surface area (Å²) in [6.07, 6.45) is -0.162. The van der Waals surface area contributed by atoms with Crippen LogP contribution in [0.15, 0.2) is 77.7 Å². The van der Waals surface area contributed by atoms with E-state index in [-0.39, 0.29) is 16.8 Å². The smallest absolute Gasteiger partial charge is 0.351 e. The maximum Gasteiger partial charge on any atom is 0.351 e. The van der Waals surface area contributed by atoms with E-state index in [0.717, 1.165) is 4.57 Å². The molecule has 0 spiro atoms. The van der Waals surface area contributed by atoms with Crippen molar-refractivity contribution in [3.63, 3.8) is 0 Å². The molecule has 3 aromatic rings. The van der Waals surface area contributed by atoms with Crippen LogP contribution in [0.25, 0.3) is 0 Å². The Balaban J connectivity index is 1.93. The maximum absolute atomic E-state index is 15.3. The Morgan fingerprint density at radius 1 is 1.00 bits per heavy atom. The van der Waals surface area contributed by atoms with Gasteiger partial charge in [0.15, 0.2) is 6.30 Å². The van der Waals surface area contributed by atoms with Gasteiger partial charge in [-0.2, -0.15) is 4.98 Å². The zero-order chi connectivity index (χ0) is 24.2. The minimum Gasteiger partial charge on any atom is -0.407 e. The molecule has 0 aliphatic carbocycles. The summed E-state index contributed by atoms with van der Waals surface area (Å²) in [5.74, 6) is -0.531. The topological polar surface area (TPSA) is 70.1 Å². The molecule has 3 atom stereocenters. The van der Waals surface area contributed by atoms with E-state index in [9.17, 15) is 4.79 Å². The summed E-state index contributed by atoms with van der Waals surface area (Å²) >= 11 is 0. The van der Waals surface area contributed by atoms with E-state index >= 15 is 4.39 Å². The molecular weight excluding hydrogens is 433 g/mol. The highest BCUT2D eigenvalue weighted by Gasteiger charge is 2.50. The third-order valence-electron chi connectivity index (χ3n) is 6.43. The molecule has 3 rings (SSSR count). The number of halogens is 1. The van der Waals surface area contributed by atoms with Crippen molar-refractivity contribution < 1.29 is 8.82 Å². The molecule has 0 bridgehead atoms. The lowest BCUT2D eigenvalue weighted by molar-refractivity contribution is 0.0864. The van der Waals surface area contributed by atoms with Crippen LogP contribution >= 0.6 is 0 Å². The normalized spacial score (nSPS) is 15.1. The van der Waals surface area contributed by atoms with Crippen molar-refractivity contribution in [2.75, 3.05) is 12.3 Å². The molecule has 0 saturated carbocycles. The van der Waals surface area contributed by atoms with Gasteiger partial charge in [0, 0.05) is 18.7 Å². The average Bonchev–Trinajstić information content (AvgIpc) is 2.79. The van der Waals surface area contributed by atoms with Gasteiger partial charge in [-0.05, 0) is 27.4 Å². The van der Waals surface area contributed by atoms with E-state index in [1.807, 2.05) is 43.3 Å². The van der Waals surface area contributed by atoms with Crippen molar-refractivity contribution in [2.45, 2.75) is 46.0 Å². The number of aromatic nitrogens is 2. The predicted octanol–water partition coefficient (Wildman–Crippen LogP) is 4.14. The molecule has 0 saturated heterocycles. The minimum atomic E-state index is -2.71. The van der Waals surface area contributed by atoms with Crippen molar-refractivity contribution in [1.82, 2.24) is 9.55 Å². The van der Waals surface area contributed by atoms with Crippen LogP contribution in [0.1, 0.15) is 40.9 Å². The fourth-order valence-electron chi connectivity index (χ4n) is 4.31. The van der Waals surface area contributed by atoms with E-state index < -0.39 is 26.2 Å². The second-order valence-corrected chi connectivity index (χ2v) is 14.0. The summed E-state index contributed by atoms with van der Waals surface area (Å²) in [6.45, 7) is 10.8. The fourth-order valence-corrected chi connectivity index (χ4v) is 8.98. The van der Waals surface area contributed by atoms with E-state index in [1.165, 1.54) is 22.6 Å². The van der Waals surface area contributed by atoms with Crippen LogP contribution in [0, 0.1) is 11.8 Å². The van der Waals surface area contributed by atoms with Crippen molar-refractivity contribution >= 4 is 24.5 Å². The van der Waals surface area contributed by atoms with Gasteiger partial charge in [-0.1, -0.05) is 95.3 Å². The first kappa shape index (κ1) is 24.9. The number of alkyl halides is 1. The first-order valence-corrected chi connectivity index (χ1v) is 13.2. The Kier molecular flexibility index (Phi) is 7.54. The number of hydrogen-bond donors (Lipinski definition) is 1. The Hall–Kier alpha value is -2.77. The molecule has 1 unspecified atom stereocenters. The van der Waals surface area contributed by atoms with Crippen LogP contribution in [0.4, 0.5) is 10.2 Å². The Morgan fingerprint density at radius 3 is 1.97 bits per heavy atom. The van der Waals surface area contributed by atoms with E-state index in [2.05, 4.69) is 50.0 Å². The lowest BCUT2D eigenvalue weighted by Gasteiger charge is -2.44. The molecule has 1 heterocycles. The average molecular weight is 468 g/mol.